The van der Waals surface area contributed by atoms with Gasteiger partial charge in [-0.3, -0.25) is 0 Å². The molecule has 0 N–H and O–H groups in total. The average Bonchev–Trinajstić information content (AvgIpc) is 2.07. The quantitative estimate of drug-likeness (QED) is 0.633. The highest BCUT2D eigenvalue weighted by Gasteiger charge is 2.33. The maximum Gasteiger partial charge on any atom is 0.416 e. The summed E-state index contributed by atoms with van der Waals surface area (Å²) in [6, 6.07) is 3.57. The van der Waals surface area contributed by atoms with E-state index in [4.69, 9.17) is 18.0 Å². The minimum atomic E-state index is -4.41. The van der Waals surface area contributed by atoms with E-state index in [0.717, 1.165) is 6.07 Å². The molecule has 0 fully saturated rings. The van der Waals surface area contributed by atoms with Crippen molar-refractivity contribution in [2.45, 2.75) is 12.6 Å². The molecule has 0 radical (unpaired) electrons. The molecule has 0 aromatic heterocycles. The Morgan fingerprint density at radius 3 is 2.50 bits per heavy atom. The largest absolute Gasteiger partial charge is 0.416 e. The summed E-state index contributed by atoms with van der Waals surface area (Å²) in [5.74, 6) is 2.17. The van der Waals surface area contributed by atoms with E-state index in [1.165, 1.54) is 12.1 Å². The third-order valence-corrected chi connectivity index (χ3v) is 1.90. The van der Waals surface area contributed by atoms with E-state index in [-0.39, 0.29) is 17.0 Å². The van der Waals surface area contributed by atoms with Crippen LogP contribution in [0, 0.1) is 12.3 Å². The van der Waals surface area contributed by atoms with Crippen LogP contribution in [-0.4, -0.2) is 0 Å². The van der Waals surface area contributed by atoms with E-state index >= 15 is 0 Å². The molecule has 4 heteroatoms. The fourth-order valence-corrected chi connectivity index (χ4v) is 1.25. The van der Waals surface area contributed by atoms with Crippen molar-refractivity contribution >= 4 is 11.6 Å². The monoisotopic (exact) mass is 218 g/mol. The molecule has 1 aromatic carbocycles. The minimum Gasteiger partial charge on any atom is -0.166 e. The number of hydrogen-bond donors (Lipinski definition) is 0. The second kappa shape index (κ2) is 3.93. The van der Waals surface area contributed by atoms with Gasteiger partial charge in [0.15, 0.2) is 0 Å². The molecule has 1 rings (SSSR count). The van der Waals surface area contributed by atoms with Gasteiger partial charge >= 0.3 is 6.18 Å². The van der Waals surface area contributed by atoms with E-state index in [0.29, 0.717) is 0 Å². The molecule has 14 heavy (non-hydrogen) atoms. The lowest BCUT2D eigenvalue weighted by molar-refractivity contribution is -0.138. The lowest BCUT2D eigenvalue weighted by Gasteiger charge is -2.11. The maximum atomic E-state index is 12.4. The Hall–Kier alpha value is -1.14. The number of alkyl halides is 3. The number of benzene rings is 1. The molecular formula is C10H6ClF3. The van der Waals surface area contributed by atoms with Gasteiger partial charge in [0.05, 0.1) is 5.56 Å². The highest BCUT2D eigenvalue weighted by atomic mass is 35.5. The van der Waals surface area contributed by atoms with Gasteiger partial charge in [-0.1, -0.05) is 17.7 Å². The molecule has 1 aromatic rings. The summed E-state index contributed by atoms with van der Waals surface area (Å²) in [5, 5.41) is 0.0538. The van der Waals surface area contributed by atoms with Gasteiger partial charge in [-0.2, -0.15) is 13.2 Å². The van der Waals surface area contributed by atoms with Crippen LogP contribution in [0.3, 0.4) is 0 Å². The number of halogens is 4. The smallest absolute Gasteiger partial charge is 0.166 e. The number of hydrogen-bond acceptors (Lipinski definition) is 0. The molecular weight excluding hydrogens is 213 g/mol. The molecule has 0 amide bonds. The van der Waals surface area contributed by atoms with E-state index < -0.39 is 11.7 Å². The third-order valence-electron chi connectivity index (χ3n) is 1.67. The van der Waals surface area contributed by atoms with Gasteiger partial charge in [0.2, 0.25) is 0 Å². The Balaban J connectivity index is 3.24. The van der Waals surface area contributed by atoms with Crippen LogP contribution < -0.4 is 0 Å². The SMILES string of the molecule is C#CCc1ccc(Cl)cc1C(F)(F)F. The molecule has 0 aliphatic rings. The van der Waals surface area contributed by atoms with Gasteiger partial charge in [-0.15, -0.1) is 12.3 Å². The van der Waals surface area contributed by atoms with E-state index in [2.05, 4.69) is 5.92 Å². The first-order valence-electron chi connectivity index (χ1n) is 3.74. The molecule has 0 spiro atoms. The summed E-state index contributed by atoms with van der Waals surface area (Å²) >= 11 is 5.47. The minimum absolute atomic E-state index is 0.0496. The van der Waals surface area contributed by atoms with Crippen LogP contribution in [0.5, 0.6) is 0 Å². The first-order chi connectivity index (χ1) is 6.45. The fraction of sp³-hybridized carbons (Fsp3) is 0.200. The van der Waals surface area contributed by atoms with Crippen LogP contribution >= 0.6 is 11.6 Å². The van der Waals surface area contributed by atoms with Crippen LogP contribution in [0.1, 0.15) is 11.1 Å². The van der Waals surface area contributed by atoms with Crippen molar-refractivity contribution in [3.05, 3.63) is 34.3 Å². The zero-order valence-electron chi connectivity index (χ0n) is 7.03. The van der Waals surface area contributed by atoms with Crippen molar-refractivity contribution < 1.29 is 13.2 Å². The predicted octanol–water partition coefficient (Wildman–Crippen LogP) is 3.53. The summed E-state index contributed by atoms with van der Waals surface area (Å²) in [5.41, 5.74) is -0.688. The van der Waals surface area contributed by atoms with Crippen LogP contribution in [0.15, 0.2) is 18.2 Å². The van der Waals surface area contributed by atoms with Crippen molar-refractivity contribution in [2.75, 3.05) is 0 Å². The Labute approximate surface area is 84.7 Å². The van der Waals surface area contributed by atoms with Crippen LogP contribution in [-0.2, 0) is 12.6 Å². The first kappa shape index (κ1) is 10.9. The molecule has 0 saturated carbocycles. The number of rotatable bonds is 1. The maximum absolute atomic E-state index is 12.4. The zero-order valence-corrected chi connectivity index (χ0v) is 7.78. The van der Waals surface area contributed by atoms with Gasteiger partial charge in [0, 0.05) is 11.4 Å². The summed E-state index contributed by atoms with van der Waals surface area (Å²) in [6.45, 7) is 0. The second-order valence-corrected chi connectivity index (χ2v) is 3.12. The molecule has 0 nitrogen and oxygen atoms in total. The molecule has 0 heterocycles. The molecule has 0 unspecified atom stereocenters. The summed E-state index contributed by atoms with van der Waals surface area (Å²) in [4.78, 5) is 0. The summed E-state index contributed by atoms with van der Waals surface area (Å²) in [7, 11) is 0. The Kier molecular flexibility index (Phi) is 3.07. The Bertz CT molecular complexity index is 374. The van der Waals surface area contributed by atoms with Gasteiger partial charge in [0.25, 0.3) is 0 Å². The van der Waals surface area contributed by atoms with Crippen molar-refractivity contribution in [3.63, 3.8) is 0 Å². The lowest BCUT2D eigenvalue weighted by atomic mass is 10.0. The second-order valence-electron chi connectivity index (χ2n) is 2.68. The first-order valence-corrected chi connectivity index (χ1v) is 4.12. The van der Waals surface area contributed by atoms with Crippen molar-refractivity contribution in [2.24, 2.45) is 0 Å². The Morgan fingerprint density at radius 2 is 2.00 bits per heavy atom. The standard InChI is InChI=1S/C10H6ClF3/c1-2-3-7-4-5-8(11)6-9(7)10(12,13)14/h1,4-6H,3H2. The number of terminal acetylenes is 1. The predicted molar refractivity (Wildman–Crippen MR) is 49.0 cm³/mol. The normalized spacial score (nSPS) is 11.1. The highest BCUT2D eigenvalue weighted by molar-refractivity contribution is 6.30. The lowest BCUT2D eigenvalue weighted by Crippen LogP contribution is -2.08. The summed E-state index contributed by atoms with van der Waals surface area (Å²) < 4.78 is 37.3. The van der Waals surface area contributed by atoms with Crippen LogP contribution in [0.2, 0.25) is 5.02 Å². The van der Waals surface area contributed by atoms with E-state index in [1.807, 2.05) is 0 Å². The summed E-state index contributed by atoms with van der Waals surface area (Å²) in [6.07, 6.45) is 0.505. The average molecular weight is 219 g/mol. The molecule has 0 atom stereocenters. The van der Waals surface area contributed by atoms with Crippen molar-refractivity contribution in [1.29, 1.82) is 0 Å². The highest BCUT2D eigenvalue weighted by Crippen LogP contribution is 2.33. The van der Waals surface area contributed by atoms with Gasteiger partial charge in [-0.25, -0.2) is 0 Å². The van der Waals surface area contributed by atoms with Crippen molar-refractivity contribution in [1.82, 2.24) is 0 Å². The molecule has 0 aliphatic heterocycles. The topological polar surface area (TPSA) is 0 Å². The Morgan fingerprint density at radius 1 is 1.36 bits per heavy atom. The molecule has 0 aliphatic carbocycles. The molecule has 74 valence electrons. The van der Waals surface area contributed by atoms with Crippen molar-refractivity contribution in [3.8, 4) is 12.3 Å². The molecule has 0 saturated heterocycles. The van der Waals surface area contributed by atoms with E-state index in [1.54, 1.807) is 0 Å². The fourth-order valence-electron chi connectivity index (χ4n) is 1.08. The van der Waals surface area contributed by atoms with Gasteiger partial charge < -0.3 is 0 Å². The van der Waals surface area contributed by atoms with Gasteiger partial charge in [-0.05, 0) is 17.7 Å². The van der Waals surface area contributed by atoms with Crippen LogP contribution in [0.4, 0.5) is 13.2 Å². The molecule has 0 bridgehead atoms. The van der Waals surface area contributed by atoms with Crippen LogP contribution in [0.25, 0.3) is 0 Å². The third kappa shape index (κ3) is 2.43. The van der Waals surface area contributed by atoms with E-state index in [9.17, 15) is 13.2 Å². The zero-order chi connectivity index (χ0) is 10.8. The van der Waals surface area contributed by atoms with Gasteiger partial charge in [0.1, 0.15) is 0 Å².